The Morgan fingerprint density at radius 2 is 1.29 bits per heavy atom. The average Bonchev–Trinajstić information content (AvgIpc) is 2.45. The van der Waals surface area contributed by atoms with Gasteiger partial charge in [-0.05, 0) is 24.7 Å². The van der Waals surface area contributed by atoms with Crippen LogP contribution in [0.3, 0.4) is 0 Å². The fraction of sp³-hybridized carbons (Fsp3) is 1.00. The molecule has 0 spiro atoms. The van der Waals surface area contributed by atoms with Crippen molar-refractivity contribution < 1.29 is 0 Å². The molecule has 2 aliphatic rings. The Hall–Kier alpha value is 0.290. The fourth-order valence-electron chi connectivity index (χ4n) is 3.38. The van der Waals surface area contributed by atoms with Crippen LogP contribution in [0.15, 0.2) is 0 Å². The van der Waals surface area contributed by atoms with Crippen molar-refractivity contribution in [1.29, 1.82) is 0 Å². The molecule has 0 nitrogen and oxygen atoms in total. The summed E-state index contributed by atoms with van der Waals surface area (Å²) in [5.41, 5.74) is 0. The summed E-state index contributed by atoms with van der Waals surface area (Å²) < 4.78 is 0. The Morgan fingerprint density at radius 1 is 0.643 bits per heavy atom. The quantitative estimate of drug-likeness (QED) is 0.436. The lowest BCUT2D eigenvalue weighted by atomic mass is 9.76. The molecular weight excluding hydrogens is 192 g/mol. The van der Waals surface area contributed by atoms with Gasteiger partial charge in [0.05, 0.1) is 0 Å². The van der Waals surface area contributed by atoms with Crippen molar-refractivity contribution in [2.24, 2.45) is 11.8 Å². The monoisotopic (exact) mass is 214 g/mol. The van der Waals surface area contributed by atoms with E-state index < -0.39 is 0 Å². The topological polar surface area (TPSA) is 0 Å². The van der Waals surface area contributed by atoms with Gasteiger partial charge in [0.15, 0.2) is 0 Å². The van der Waals surface area contributed by atoms with Crippen LogP contribution >= 0.6 is 11.6 Å². The van der Waals surface area contributed by atoms with E-state index in [-0.39, 0.29) is 0 Å². The average molecular weight is 215 g/mol. The molecule has 0 amide bonds. The molecule has 2 fully saturated rings. The number of hydrogen-bond acceptors (Lipinski definition) is 0. The molecule has 0 aromatic heterocycles. The molecule has 0 heterocycles. The standard InChI is InChI=1S/C13H23Cl/c14-13-9-5-8-12(10-13)11-6-3-1-2-4-7-11/h11-13H,1-10H2. The summed E-state index contributed by atoms with van der Waals surface area (Å²) in [7, 11) is 0. The van der Waals surface area contributed by atoms with Gasteiger partial charge in [0, 0.05) is 5.38 Å². The van der Waals surface area contributed by atoms with Gasteiger partial charge in [0.1, 0.15) is 0 Å². The summed E-state index contributed by atoms with van der Waals surface area (Å²) in [6.07, 6.45) is 14.3. The van der Waals surface area contributed by atoms with E-state index in [9.17, 15) is 0 Å². The number of alkyl halides is 1. The molecule has 14 heavy (non-hydrogen) atoms. The Balaban J connectivity index is 1.85. The fourth-order valence-corrected chi connectivity index (χ4v) is 3.76. The smallest absolute Gasteiger partial charge is 0.0338 e. The molecule has 0 bridgehead atoms. The van der Waals surface area contributed by atoms with Gasteiger partial charge in [-0.25, -0.2) is 0 Å². The third-order valence-corrected chi connectivity index (χ3v) is 4.61. The highest BCUT2D eigenvalue weighted by Crippen LogP contribution is 2.38. The summed E-state index contributed by atoms with van der Waals surface area (Å²) in [6.45, 7) is 0. The molecule has 1 heteroatoms. The van der Waals surface area contributed by atoms with E-state index in [4.69, 9.17) is 11.6 Å². The van der Waals surface area contributed by atoms with Crippen LogP contribution in [-0.2, 0) is 0 Å². The summed E-state index contributed by atoms with van der Waals surface area (Å²) in [5.74, 6) is 2.00. The van der Waals surface area contributed by atoms with Gasteiger partial charge < -0.3 is 0 Å². The van der Waals surface area contributed by atoms with E-state index in [1.54, 1.807) is 0 Å². The first-order valence-electron chi connectivity index (χ1n) is 6.50. The lowest BCUT2D eigenvalue weighted by molar-refractivity contribution is 0.229. The van der Waals surface area contributed by atoms with Gasteiger partial charge in [-0.15, -0.1) is 11.6 Å². The Bertz CT molecular complexity index is 159. The van der Waals surface area contributed by atoms with Crippen LogP contribution in [0, 0.1) is 11.8 Å². The second-order valence-corrected chi connectivity index (χ2v) is 5.89. The predicted octanol–water partition coefficient (Wildman–Crippen LogP) is 4.75. The first kappa shape index (κ1) is 10.8. The molecule has 2 unspecified atom stereocenters. The van der Waals surface area contributed by atoms with E-state index in [1.807, 2.05) is 0 Å². The Labute approximate surface area is 93.4 Å². The van der Waals surface area contributed by atoms with Crippen molar-refractivity contribution in [2.75, 3.05) is 0 Å². The van der Waals surface area contributed by atoms with Crippen LogP contribution in [0.1, 0.15) is 64.2 Å². The van der Waals surface area contributed by atoms with E-state index >= 15 is 0 Å². The van der Waals surface area contributed by atoms with Gasteiger partial charge in [-0.3, -0.25) is 0 Å². The molecule has 2 saturated carbocycles. The molecule has 2 atom stereocenters. The van der Waals surface area contributed by atoms with E-state index in [0.717, 1.165) is 11.8 Å². The van der Waals surface area contributed by atoms with Crippen molar-refractivity contribution in [3.63, 3.8) is 0 Å². The van der Waals surface area contributed by atoms with Gasteiger partial charge >= 0.3 is 0 Å². The highest BCUT2D eigenvalue weighted by Gasteiger charge is 2.27. The summed E-state index contributed by atoms with van der Waals surface area (Å²) >= 11 is 6.27. The zero-order valence-corrected chi connectivity index (χ0v) is 9.94. The number of hydrogen-bond donors (Lipinski definition) is 0. The minimum absolute atomic E-state index is 0.497. The number of halogens is 1. The van der Waals surface area contributed by atoms with Gasteiger partial charge in [-0.2, -0.15) is 0 Å². The molecule has 0 N–H and O–H groups in total. The molecule has 0 radical (unpaired) electrons. The van der Waals surface area contributed by atoms with Gasteiger partial charge in [0.25, 0.3) is 0 Å². The lowest BCUT2D eigenvalue weighted by Crippen LogP contribution is -2.22. The second kappa shape index (κ2) is 5.39. The van der Waals surface area contributed by atoms with E-state index in [2.05, 4.69) is 0 Å². The van der Waals surface area contributed by atoms with Crippen LogP contribution in [0.25, 0.3) is 0 Å². The van der Waals surface area contributed by atoms with Crippen molar-refractivity contribution in [3.8, 4) is 0 Å². The highest BCUT2D eigenvalue weighted by molar-refractivity contribution is 6.20. The minimum Gasteiger partial charge on any atom is -0.123 e. The minimum atomic E-state index is 0.497. The third-order valence-electron chi connectivity index (χ3n) is 4.22. The van der Waals surface area contributed by atoms with Crippen LogP contribution in [0.2, 0.25) is 0 Å². The second-order valence-electron chi connectivity index (χ2n) is 5.28. The van der Waals surface area contributed by atoms with Crippen LogP contribution in [0.5, 0.6) is 0 Å². The van der Waals surface area contributed by atoms with Crippen molar-refractivity contribution in [3.05, 3.63) is 0 Å². The Morgan fingerprint density at radius 3 is 1.93 bits per heavy atom. The molecule has 82 valence electrons. The summed E-state index contributed by atoms with van der Waals surface area (Å²) in [6, 6.07) is 0. The summed E-state index contributed by atoms with van der Waals surface area (Å²) in [4.78, 5) is 0. The zero-order chi connectivity index (χ0) is 9.80. The molecule has 0 aliphatic heterocycles. The zero-order valence-electron chi connectivity index (χ0n) is 9.18. The molecular formula is C13H23Cl. The normalized spacial score (nSPS) is 36.6. The molecule has 0 saturated heterocycles. The maximum Gasteiger partial charge on any atom is 0.0338 e. The van der Waals surface area contributed by atoms with Crippen molar-refractivity contribution >= 4 is 11.6 Å². The van der Waals surface area contributed by atoms with Gasteiger partial charge in [0.2, 0.25) is 0 Å². The first-order chi connectivity index (χ1) is 6.86. The highest BCUT2D eigenvalue weighted by atomic mass is 35.5. The molecule has 2 rings (SSSR count). The summed E-state index contributed by atoms with van der Waals surface area (Å²) in [5, 5.41) is 0.497. The maximum absolute atomic E-state index is 6.27. The van der Waals surface area contributed by atoms with Crippen molar-refractivity contribution in [2.45, 2.75) is 69.6 Å². The van der Waals surface area contributed by atoms with E-state index in [0.29, 0.717) is 5.38 Å². The first-order valence-corrected chi connectivity index (χ1v) is 6.94. The van der Waals surface area contributed by atoms with Crippen LogP contribution in [0.4, 0.5) is 0 Å². The molecule has 2 aliphatic carbocycles. The van der Waals surface area contributed by atoms with E-state index in [1.165, 1.54) is 64.2 Å². The number of rotatable bonds is 1. The third kappa shape index (κ3) is 2.89. The largest absolute Gasteiger partial charge is 0.123 e. The Kier molecular flexibility index (Phi) is 4.16. The maximum atomic E-state index is 6.27. The molecule has 0 aromatic carbocycles. The van der Waals surface area contributed by atoms with Crippen LogP contribution < -0.4 is 0 Å². The van der Waals surface area contributed by atoms with Crippen LogP contribution in [-0.4, -0.2) is 5.38 Å². The van der Waals surface area contributed by atoms with Gasteiger partial charge in [-0.1, -0.05) is 51.4 Å². The SMILES string of the molecule is ClC1CCCC(C2CCCCCC2)C1. The predicted molar refractivity (Wildman–Crippen MR) is 62.8 cm³/mol. The molecule has 0 aromatic rings. The lowest BCUT2D eigenvalue weighted by Gasteiger charge is -2.31. The van der Waals surface area contributed by atoms with Crippen molar-refractivity contribution in [1.82, 2.24) is 0 Å².